The fourth-order valence-electron chi connectivity index (χ4n) is 1.17. The van der Waals surface area contributed by atoms with Gasteiger partial charge < -0.3 is 5.11 Å². The Labute approximate surface area is 98.5 Å². The second kappa shape index (κ2) is 4.80. The van der Waals surface area contributed by atoms with Crippen LogP contribution < -0.4 is 0 Å². The molecule has 1 rings (SSSR count). The molecule has 94 valence electrons. The lowest BCUT2D eigenvalue weighted by molar-refractivity contribution is -0.140. The van der Waals surface area contributed by atoms with Crippen molar-refractivity contribution in [1.82, 2.24) is 4.31 Å². The third-order valence-corrected chi connectivity index (χ3v) is 4.36. The summed E-state index contributed by atoms with van der Waals surface area (Å²) < 4.78 is 37.8. The predicted octanol–water partition coefficient (Wildman–Crippen LogP) is 0.919. The number of benzene rings is 1. The van der Waals surface area contributed by atoms with Gasteiger partial charge in [-0.25, -0.2) is 12.8 Å². The minimum Gasteiger partial charge on any atom is -0.480 e. The third kappa shape index (κ3) is 2.62. The van der Waals surface area contributed by atoms with E-state index in [0.717, 1.165) is 19.2 Å². The highest BCUT2D eigenvalue weighted by atomic mass is 32.2. The Morgan fingerprint density at radius 3 is 2.41 bits per heavy atom. The maximum absolute atomic E-state index is 13.4. The van der Waals surface area contributed by atoms with E-state index in [-0.39, 0.29) is 0 Å². The number of carboxylic acid groups (broad SMARTS) is 1. The van der Waals surface area contributed by atoms with Gasteiger partial charge in [-0.05, 0) is 19.1 Å². The largest absolute Gasteiger partial charge is 0.480 e. The summed E-state index contributed by atoms with van der Waals surface area (Å²) in [4.78, 5) is 10.2. The van der Waals surface area contributed by atoms with Crippen molar-refractivity contribution in [2.24, 2.45) is 0 Å². The number of nitrogens with zero attached hydrogens (tertiary/aromatic N) is 1. The highest BCUT2D eigenvalue weighted by Crippen LogP contribution is 2.19. The van der Waals surface area contributed by atoms with Gasteiger partial charge in [0.15, 0.2) is 0 Å². The van der Waals surface area contributed by atoms with E-state index in [9.17, 15) is 17.6 Å². The Kier molecular flexibility index (Phi) is 3.84. The molecule has 1 N–H and O–H groups in total. The molecule has 0 aliphatic heterocycles. The Morgan fingerprint density at radius 1 is 1.41 bits per heavy atom. The molecule has 1 aromatic rings. The summed E-state index contributed by atoms with van der Waals surface area (Å²) in [5.41, 5.74) is 0. The molecule has 0 saturated carbocycles. The molecule has 0 radical (unpaired) electrons. The van der Waals surface area contributed by atoms with Gasteiger partial charge in [0.25, 0.3) is 0 Å². The molecule has 0 heterocycles. The van der Waals surface area contributed by atoms with E-state index in [0.29, 0.717) is 4.31 Å². The monoisotopic (exact) mass is 261 g/mol. The lowest BCUT2D eigenvalue weighted by atomic mass is 10.3. The first-order chi connectivity index (χ1) is 7.78. The minimum atomic E-state index is -4.14. The Bertz CT molecular complexity index is 529. The van der Waals surface area contributed by atoms with Crippen LogP contribution in [-0.4, -0.2) is 36.9 Å². The summed E-state index contributed by atoms with van der Waals surface area (Å²) in [6.07, 6.45) is 0. The summed E-state index contributed by atoms with van der Waals surface area (Å²) in [6.45, 7) is 1.21. The Hall–Kier alpha value is -1.47. The fourth-order valence-corrected chi connectivity index (χ4v) is 2.55. The third-order valence-electron chi connectivity index (χ3n) is 2.40. The molecule has 1 aromatic carbocycles. The van der Waals surface area contributed by atoms with Crippen molar-refractivity contribution in [3.8, 4) is 0 Å². The molecular formula is C10H12FNO4S. The molecule has 0 bridgehead atoms. The van der Waals surface area contributed by atoms with Gasteiger partial charge in [0.1, 0.15) is 16.8 Å². The van der Waals surface area contributed by atoms with Crippen LogP contribution in [0, 0.1) is 5.82 Å². The molecule has 7 heteroatoms. The van der Waals surface area contributed by atoms with Gasteiger partial charge in [0.2, 0.25) is 10.0 Å². The number of aliphatic carboxylic acids is 1. The van der Waals surface area contributed by atoms with Crippen LogP contribution in [0.3, 0.4) is 0 Å². The highest BCUT2D eigenvalue weighted by Gasteiger charge is 2.31. The summed E-state index contributed by atoms with van der Waals surface area (Å²) in [5, 5.41) is 8.73. The molecule has 1 atom stereocenters. The molecule has 0 saturated heterocycles. The lowest BCUT2D eigenvalue weighted by Crippen LogP contribution is -2.40. The molecule has 0 spiro atoms. The summed E-state index contributed by atoms with van der Waals surface area (Å²) in [6, 6.07) is 3.56. The zero-order valence-corrected chi connectivity index (χ0v) is 10.1. The summed E-state index contributed by atoms with van der Waals surface area (Å²) >= 11 is 0. The van der Waals surface area contributed by atoms with Crippen LogP contribution >= 0.6 is 0 Å². The van der Waals surface area contributed by atoms with Crippen molar-refractivity contribution in [3.05, 3.63) is 30.1 Å². The quantitative estimate of drug-likeness (QED) is 0.874. The number of hydrogen-bond acceptors (Lipinski definition) is 3. The molecular weight excluding hydrogens is 249 g/mol. The first kappa shape index (κ1) is 13.6. The van der Waals surface area contributed by atoms with Crippen molar-refractivity contribution in [2.75, 3.05) is 7.05 Å². The van der Waals surface area contributed by atoms with E-state index in [1.807, 2.05) is 0 Å². The van der Waals surface area contributed by atoms with E-state index in [1.54, 1.807) is 0 Å². The van der Waals surface area contributed by atoms with E-state index in [2.05, 4.69) is 0 Å². The van der Waals surface area contributed by atoms with Gasteiger partial charge in [0.05, 0.1) is 0 Å². The van der Waals surface area contributed by atoms with Crippen LogP contribution in [0.5, 0.6) is 0 Å². The number of carbonyl (C=O) groups is 1. The molecule has 17 heavy (non-hydrogen) atoms. The van der Waals surface area contributed by atoms with Crippen LogP contribution in [0.2, 0.25) is 0 Å². The first-order valence-electron chi connectivity index (χ1n) is 4.74. The predicted molar refractivity (Wildman–Crippen MR) is 58.4 cm³/mol. The maximum atomic E-state index is 13.4. The molecule has 0 fully saturated rings. The second-order valence-corrected chi connectivity index (χ2v) is 5.43. The maximum Gasteiger partial charge on any atom is 0.321 e. The minimum absolute atomic E-state index is 0.532. The van der Waals surface area contributed by atoms with E-state index >= 15 is 0 Å². The van der Waals surface area contributed by atoms with Crippen LogP contribution in [0.25, 0.3) is 0 Å². The average molecular weight is 261 g/mol. The van der Waals surface area contributed by atoms with Gasteiger partial charge in [-0.1, -0.05) is 12.1 Å². The van der Waals surface area contributed by atoms with E-state index < -0.39 is 32.7 Å². The van der Waals surface area contributed by atoms with Crippen LogP contribution in [-0.2, 0) is 14.8 Å². The van der Waals surface area contributed by atoms with Crippen LogP contribution in [0.15, 0.2) is 29.2 Å². The molecule has 5 nitrogen and oxygen atoms in total. The zero-order chi connectivity index (χ0) is 13.2. The number of carboxylic acids is 1. The van der Waals surface area contributed by atoms with Crippen LogP contribution in [0.4, 0.5) is 4.39 Å². The summed E-state index contributed by atoms with van der Waals surface area (Å²) in [7, 11) is -3.04. The number of sulfonamides is 1. The Balaban J connectivity index is 3.21. The topological polar surface area (TPSA) is 74.7 Å². The van der Waals surface area contributed by atoms with Crippen molar-refractivity contribution in [3.63, 3.8) is 0 Å². The molecule has 0 aliphatic rings. The van der Waals surface area contributed by atoms with Gasteiger partial charge in [0, 0.05) is 7.05 Å². The van der Waals surface area contributed by atoms with Gasteiger partial charge >= 0.3 is 5.97 Å². The lowest BCUT2D eigenvalue weighted by Gasteiger charge is -2.21. The van der Waals surface area contributed by atoms with Crippen molar-refractivity contribution in [2.45, 2.75) is 17.9 Å². The van der Waals surface area contributed by atoms with Crippen molar-refractivity contribution in [1.29, 1.82) is 0 Å². The first-order valence-corrected chi connectivity index (χ1v) is 6.18. The van der Waals surface area contributed by atoms with Gasteiger partial charge in [-0.3, -0.25) is 4.79 Å². The van der Waals surface area contributed by atoms with Gasteiger partial charge in [-0.2, -0.15) is 4.31 Å². The normalized spacial score (nSPS) is 13.6. The standard InChI is InChI=1S/C10H12FNO4S/c1-7(10(13)14)12(2)17(15,16)9-6-4-3-5-8(9)11/h3-7H,1-2H3,(H,13,14). The van der Waals surface area contributed by atoms with Crippen LogP contribution in [0.1, 0.15) is 6.92 Å². The second-order valence-electron chi connectivity index (χ2n) is 3.47. The molecule has 0 aromatic heterocycles. The molecule has 0 aliphatic carbocycles. The summed E-state index contributed by atoms with van der Waals surface area (Å²) in [5.74, 6) is -2.20. The number of hydrogen-bond donors (Lipinski definition) is 1. The fraction of sp³-hybridized carbons (Fsp3) is 0.300. The number of halogens is 1. The molecule has 0 amide bonds. The van der Waals surface area contributed by atoms with Crippen molar-refractivity contribution >= 4 is 16.0 Å². The van der Waals surface area contributed by atoms with E-state index in [1.165, 1.54) is 19.1 Å². The number of likely N-dealkylation sites (N-methyl/N-ethyl adjacent to an activating group) is 1. The van der Waals surface area contributed by atoms with Crippen molar-refractivity contribution < 1.29 is 22.7 Å². The Morgan fingerprint density at radius 2 is 1.94 bits per heavy atom. The highest BCUT2D eigenvalue weighted by molar-refractivity contribution is 7.89. The van der Waals surface area contributed by atoms with E-state index in [4.69, 9.17) is 5.11 Å². The zero-order valence-electron chi connectivity index (χ0n) is 9.29. The molecule has 1 unspecified atom stereocenters. The average Bonchev–Trinajstić information content (AvgIpc) is 2.27. The number of rotatable bonds is 4. The SMILES string of the molecule is CC(C(=O)O)N(C)S(=O)(=O)c1ccccc1F. The smallest absolute Gasteiger partial charge is 0.321 e. The van der Waals surface area contributed by atoms with Gasteiger partial charge in [-0.15, -0.1) is 0 Å².